The monoisotopic (exact) mass is 247 g/mol. The molecule has 2 aliphatic rings. The van der Waals surface area contributed by atoms with Gasteiger partial charge >= 0.3 is 0 Å². The molecular formula is C15H21NO2. The van der Waals surface area contributed by atoms with Crippen LogP contribution in [-0.4, -0.2) is 17.5 Å². The average Bonchev–Trinajstić information content (AvgIpc) is 2.33. The Labute approximate surface area is 108 Å². The van der Waals surface area contributed by atoms with E-state index in [1.807, 2.05) is 6.08 Å². The maximum absolute atomic E-state index is 11.1. The van der Waals surface area contributed by atoms with Gasteiger partial charge in [0, 0.05) is 5.57 Å². The van der Waals surface area contributed by atoms with Crippen LogP contribution in [0.15, 0.2) is 11.6 Å². The molecule has 0 radical (unpaired) electrons. The molecular weight excluding hydrogens is 226 g/mol. The summed E-state index contributed by atoms with van der Waals surface area (Å²) in [6.45, 7) is 6.26. The number of allylic oxidation sites excluding steroid dienone is 2. The summed E-state index contributed by atoms with van der Waals surface area (Å²) in [6, 6.07) is 2.32. The molecule has 0 spiro atoms. The van der Waals surface area contributed by atoms with Crippen LogP contribution in [0, 0.1) is 34.0 Å². The molecule has 0 unspecified atom stereocenters. The second-order valence-electron chi connectivity index (χ2n) is 6.55. The summed E-state index contributed by atoms with van der Waals surface area (Å²) in [5, 5.41) is 19.6. The van der Waals surface area contributed by atoms with Gasteiger partial charge in [-0.3, -0.25) is 4.79 Å². The molecule has 98 valence electrons. The van der Waals surface area contributed by atoms with E-state index in [2.05, 4.69) is 26.8 Å². The van der Waals surface area contributed by atoms with E-state index in [4.69, 9.17) is 0 Å². The Kier molecular flexibility index (Phi) is 3.11. The molecule has 2 aliphatic carbocycles. The van der Waals surface area contributed by atoms with E-state index in [1.54, 1.807) is 0 Å². The van der Waals surface area contributed by atoms with E-state index in [-0.39, 0.29) is 28.8 Å². The molecule has 3 heteroatoms. The second kappa shape index (κ2) is 4.20. The lowest BCUT2D eigenvalue weighted by atomic mass is 9.48. The Morgan fingerprint density at radius 2 is 2.17 bits per heavy atom. The highest BCUT2D eigenvalue weighted by Crippen LogP contribution is 2.59. The number of carbonyl (C=O) groups excluding carboxylic acids is 1. The predicted molar refractivity (Wildman–Crippen MR) is 68.5 cm³/mol. The lowest BCUT2D eigenvalue weighted by Gasteiger charge is -2.56. The molecule has 4 atom stereocenters. The van der Waals surface area contributed by atoms with Crippen molar-refractivity contribution in [2.24, 2.45) is 22.7 Å². The van der Waals surface area contributed by atoms with Gasteiger partial charge in [0.2, 0.25) is 0 Å². The highest BCUT2D eigenvalue weighted by molar-refractivity contribution is 5.75. The van der Waals surface area contributed by atoms with E-state index in [1.165, 1.54) is 0 Å². The number of rotatable bonds is 1. The van der Waals surface area contributed by atoms with E-state index in [0.29, 0.717) is 12.0 Å². The first-order chi connectivity index (χ1) is 8.37. The first kappa shape index (κ1) is 13.3. The Balaban J connectivity index is 2.48. The number of aliphatic hydroxyl groups is 1. The third-order valence-corrected chi connectivity index (χ3v) is 5.36. The summed E-state index contributed by atoms with van der Waals surface area (Å²) in [7, 11) is 0. The topological polar surface area (TPSA) is 61.1 Å². The third kappa shape index (κ3) is 1.63. The minimum Gasteiger partial charge on any atom is -0.393 e. The zero-order valence-corrected chi connectivity index (χ0v) is 11.3. The molecule has 2 rings (SSSR count). The van der Waals surface area contributed by atoms with Crippen molar-refractivity contribution in [3.05, 3.63) is 11.6 Å². The number of aldehydes is 1. The van der Waals surface area contributed by atoms with Crippen LogP contribution in [0.3, 0.4) is 0 Å². The van der Waals surface area contributed by atoms with Crippen molar-refractivity contribution < 1.29 is 9.90 Å². The minimum absolute atomic E-state index is 0.192. The van der Waals surface area contributed by atoms with Crippen LogP contribution in [0.1, 0.15) is 40.0 Å². The standard InChI is InChI=1S/C15H21NO2/c1-14(2)12-5-4-10(9-17)11(8-16)15(12,3)7-6-13(14)18/h4,9,11-13,18H,5-7H2,1-3H3/t11-,12-,13+,15+/m0/s1. The van der Waals surface area contributed by atoms with Crippen molar-refractivity contribution in [2.45, 2.75) is 46.1 Å². The van der Waals surface area contributed by atoms with Crippen LogP contribution in [0.5, 0.6) is 0 Å². The number of aliphatic hydroxyl groups excluding tert-OH is 1. The number of carbonyl (C=O) groups is 1. The first-order valence-corrected chi connectivity index (χ1v) is 6.61. The van der Waals surface area contributed by atoms with Crippen LogP contribution in [0.2, 0.25) is 0 Å². The lowest BCUT2D eigenvalue weighted by Crippen LogP contribution is -2.54. The number of fused-ring (bicyclic) bond motifs is 1. The Morgan fingerprint density at radius 1 is 1.50 bits per heavy atom. The van der Waals surface area contributed by atoms with Crippen LogP contribution in [0.4, 0.5) is 0 Å². The summed E-state index contributed by atoms with van der Waals surface area (Å²) in [5.41, 5.74) is 0.235. The molecule has 18 heavy (non-hydrogen) atoms. The smallest absolute Gasteiger partial charge is 0.147 e. The van der Waals surface area contributed by atoms with Crippen molar-refractivity contribution in [2.75, 3.05) is 0 Å². The van der Waals surface area contributed by atoms with Gasteiger partial charge in [0.15, 0.2) is 0 Å². The fraction of sp³-hybridized carbons (Fsp3) is 0.733. The zero-order chi connectivity index (χ0) is 13.6. The molecule has 0 aromatic carbocycles. The summed E-state index contributed by atoms with van der Waals surface area (Å²) in [6.07, 6.45) is 4.71. The summed E-state index contributed by atoms with van der Waals surface area (Å²) in [5.74, 6) is -0.0809. The van der Waals surface area contributed by atoms with Gasteiger partial charge in [0.1, 0.15) is 6.29 Å². The number of nitrogens with zero attached hydrogens (tertiary/aromatic N) is 1. The fourth-order valence-electron chi connectivity index (χ4n) is 4.09. The molecule has 0 aliphatic heterocycles. The summed E-state index contributed by atoms with van der Waals surface area (Å²) >= 11 is 0. The third-order valence-electron chi connectivity index (χ3n) is 5.36. The van der Waals surface area contributed by atoms with Crippen LogP contribution >= 0.6 is 0 Å². The highest BCUT2D eigenvalue weighted by atomic mass is 16.3. The SMILES string of the molecule is CC1(C)[C@H](O)CC[C@]2(C)[C@@H](C#N)C(C=O)=CC[C@@H]12. The fourth-order valence-corrected chi connectivity index (χ4v) is 4.09. The molecule has 0 heterocycles. The molecule has 0 saturated heterocycles. The largest absolute Gasteiger partial charge is 0.393 e. The lowest BCUT2D eigenvalue weighted by molar-refractivity contribution is -0.115. The molecule has 0 aromatic rings. The van der Waals surface area contributed by atoms with Gasteiger partial charge in [-0.05, 0) is 36.0 Å². The second-order valence-corrected chi connectivity index (χ2v) is 6.55. The van der Waals surface area contributed by atoms with Crippen molar-refractivity contribution in [3.8, 4) is 6.07 Å². The van der Waals surface area contributed by atoms with E-state index in [0.717, 1.165) is 19.1 Å². The molecule has 0 amide bonds. The summed E-state index contributed by atoms with van der Waals surface area (Å²) < 4.78 is 0. The van der Waals surface area contributed by atoms with E-state index >= 15 is 0 Å². The van der Waals surface area contributed by atoms with Gasteiger partial charge in [-0.15, -0.1) is 0 Å². The van der Waals surface area contributed by atoms with Crippen molar-refractivity contribution >= 4 is 6.29 Å². The molecule has 1 saturated carbocycles. The first-order valence-electron chi connectivity index (χ1n) is 6.61. The number of hydrogen-bond donors (Lipinski definition) is 1. The maximum Gasteiger partial charge on any atom is 0.147 e. The van der Waals surface area contributed by atoms with Gasteiger partial charge in [-0.25, -0.2) is 0 Å². The van der Waals surface area contributed by atoms with Gasteiger partial charge in [0.25, 0.3) is 0 Å². The number of hydrogen-bond acceptors (Lipinski definition) is 3. The van der Waals surface area contributed by atoms with Crippen LogP contribution in [0.25, 0.3) is 0 Å². The average molecular weight is 247 g/mol. The summed E-state index contributed by atoms with van der Waals surface area (Å²) in [4.78, 5) is 11.1. The minimum atomic E-state index is -0.333. The Hall–Kier alpha value is -1.14. The Bertz CT molecular complexity index is 432. The molecule has 1 fully saturated rings. The normalized spacial score (nSPS) is 42.4. The van der Waals surface area contributed by atoms with Gasteiger partial charge in [-0.2, -0.15) is 5.26 Å². The van der Waals surface area contributed by atoms with E-state index < -0.39 is 0 Å². The van der Waals surface area contributed by atoms with Gasteiger partial charge in [0.05, 0.1) is 18.1 Å². The van der Waals surface area contributed by atoms with Crippen molar-refractivity contribution in [3.63, 3.8) is 0 Å². The molecule has 1 N–H and O–H groups in total. The Morgan fingerprint density at radius 3 is 2.72 bits per heavy atom. The quantitative estimate of drug-likeness (QED) is 0.724. The number of nitriles is 1. The van der Waals surface area contributed by atoms with Crippen LogP contribution < -0.4 is 0 Å². The predicted octanol–water partition coefficient (Wildman–Crippen LogP) is 2.46. The maximum atomic E-state index is 11.1. The van der Waals surface area contributed by atoms with Crippen molar-refractivity contribution in [1.29, 1.82) is 5.26 Å². The van der Waals surface area contributed by atoms with E-state index in [9.17, 15) is 15.2 Å². The molecule has 3 nitrogen and oxygen atoms in total. The van der Waals surface area contributed by atoms with Crippen LogP contribution in [-0.2, 0) is 4.79 Å². The zero-order valence-electron chi connectivity index (χ0n) is 11.3. The van der Waals surface area contributed by atoms with Crippen molar-refractivity contribution in [1.82, 2.24) is 0 Å². The van der Waals surface area contributed by atoms with Gasteiger partial charge in [-0.1, -0.05) is 26.8 Å². The molecule has 0 aromatic heterocycles. The highest BCUT2D eigenvalue weighted by Gasteiger charge is 2.55. The van der Waals surface area contributed by atoms with Gasteiger partial charge < -0.3 is 5.11 Å². The molecule has 0 bridgehead atoms.